The molecule has 1 aliphatic rings. The zero-order valence-corrected chi connectivity index (χ0v) is 16.7. The number of amides is 3. The SMILES string of the molecule is CCN(CC(=O)NC(C)C)C(=O)C1=NN(c2cc(C)ccc2C)C(=O)CC1. The summed E-state index contributed by atoms with van der Waals surface area (Å²) in [5.41, 5.74) is 2.91. The Morgan fingerprint density at radius 2 is 1.96 bits per heavy atom. The van der Waals surface area contributed by atoms with E-state index in [1.165, 1.54) is 9.91 Å². The van der Waals surface area contributed by atoms with Crippen molar-refractivity contribution < 1.29 is 14.4 Å². The molecule has 0 radical (unpaired) electrons. The van der Waals surface area contributed by atoms with E-state index in [9.17, 15) is 14.4 Å². The highest BCUT2D eigenvalue weighted by Gasteiger charge is 2.29. The molecular weight excluding hydrogens is 344 g/mol. The number of hydrogen-bond donors (Lipinski definition) is 1. The first-order valence-corrected chi connectivity index (χ1v) is 9.29. The minimum absolute atomic E-state index is 0.00994. The van der Waals surface area contributed by atoms with Gasteiger partial charge in [0, 0.05) is 25.4 Å². The van der Waals surface area contributed by atoms with E-state index in [1.54, 1.807) is 0 Å². The maximum atomic E-state index is 12.9. The Morgan fingerprint density at radius 1 is 1.26 bits per heavy atom. The second-order valence-corrected chi connectivity index (χ2v) is 7.08. The number of hydrogen-bond acceptors (Lipinski definition) is 4. The van der Waals surface area contributed by atoms with Gasteiger partial charge in [-0.05, 0) is 51.8 Å². The molecule has 0 atom stereocenters. The molecule has 0 spiro atoms. The van der Waals surface area contributed by atoms with Gasteiger partial charge in [0.2, 0.25) is 11.8 Å². The molecule has 1 aliphatic heterocycles. The van der Waals surface area contributed by atoms with Crippen LogP contribution in [0.4, 0.5) is 5.69 Å². The molecule has 0 saturated carbocycles. The smallest absolute Gasteiger partial charge is 0.270 e. The highest BCUT2D eigenvalue weighted by atomic mass is 16.2. The molecule has 0 bridgehead atoms. The first kappa shape index (κ1) is 20.6. The van der Waals surface area contributed by atoms with E-state index in [1.807, 2.05) is 52.8 Å². The molecule has 0 aliphatic carbocycles. The molecule has 3 amide bonds. The summed E-state index contributed by atoms with van der Waals surface area (Å²) in [5.74, 6) is -0.654. The normalized spacial score (nSPS) is 14.2. The maximum absolute atomic E-state index is 12.9. The number of likely N-dealkylation sites (N-methyl/N-ethyl adjacent to an activating group) is 1. The molecule has 1 aromatic rings. The van der Waals surface area contributed by atoms with E-state index < -0.39 is 0 Å². The van der Waals surface area contributed by atoms with Gasteiger partial charge in [-0.15, -0.1) is 0 Å². The third kappa shape index (κ3) is 5.15. The molecule has 27 heavy (non-hydrogen) atoms. The van der Waals surface area contributed by atoms with Gasteiger partial charge in [0.25, 0.3) is 5.91 Å². The van der Waals surface area contributed by atoms with Crippen molar-refractivity contribution in [3.8, 4) is 0 Å². The lowest BCUT2D eigenvalue weighted by molar-refractivity contribution is -0.131. The third-order valence-corrected chi connectivity index (χ3v) is 4.33. The Bertz CT molecular complexity index is 770. The number of aryl methyl sites for hydroxylation is 2. The van der Waals surface area contributed by atoms with Gasteiger partial charge in [-0.3, -0.25) is 14.4 Å². The molecular formula is C20H28N4O3. The molecule has 7 heteroatoms. The van der Waals surface area contributed by atoms with Crippen molar-refractivity contribution in [1.29, 1.82) is 0 Å². The van der Waals surface area contributed by atoms with E-state index in [4.69, 9.17) is 0 Å². The Kier molecular flexibility index (Phi) is 6.71. The summed E-state index contributed by atoms with van der Waals surface area (Å²) < 4.78 is 0. The number of nitrogens with one attached hydrogen (secondary N) is 1. The van der Waals surface area contributed by atoms with Crippen LogP contribution in [0.25, 0.3) is 0 Å². The summed E-state index contributed by atoms with van der Waals surface area (Å²) in [5, 5.41) is 8.45. The van der Waals surface area contributed by atoms with Gasteiger partial charge in [-0.1, -0.05) is 12.1 Å². The largest absolute Gasteiger partial charge is 0.352 e. The predicted molar refractivity (Wildman–Crippen MR) is 106 cm³/mol. The van der Waals surface area contributed by atoms with Crippen molar-refractivity contribution in [2.75, 3.05) is 18.1 Å². The molecule has 1 N–H and O–H groups in total. The molecule has 0 saturated heterocycles. The average molecular weight is 372 g/mol. The molecule has 2 rings (SSSR count). The number of anilines is 1. The maximum Gasteiger partial charge on any atom is 0.270 e. The fraction of sp³-hybridized carbons (Fsp3) is 0.500. The van der Waals surface area contributed by atoms with E-state index in [0.717, 1.165) is 11.1 Å². The van der Waals surface area contributed by atoms with Gasteiger partial charge < -0.3 is 10.2 Å². The highest BCUT2D eigenvalue weighted by Crippen LogP contribution is 2.25. The van der Waals surface area contributed by atoms with Crippen LogP contribution in [0, 0.1) is 13.8 Å². The van der Waals surface area contributed by atoms with Crippen molar-refractivity contribution in [2.45, 2.75) is 53.5 Å². The van der Waals surface area contributed by atoms with E-state index >= 15 is 0 Å². The Balaban J connectivity index is 2.25. The summed E-state index contributed by atoms with van der Waals surface area (Å²) >= 11 is 0. The second-order valence-electron chi connectivity index (χ2n) is 7.08. The van der Waals surface area contributed by atoms with Gasteiger partial charge in [0.1, 0.15) is 5.71 Å². The lowest BCUT2D eigenvalue weighted by atomic mass is 10.1. The molecule has 0 unspecified atom stereocenters. The number of carbonyl (C=O) groups is 3. The van der Waals surface area contributed by atoms with Crippen LogP contribution in [-0.2, 0) is 14.4 Å². The lowest BCUT2D eigenvalue weighted by Crippen LogP contribution is -2.46. The van der Waals surface area contributed by atoms with Crippen LogP contribution in [0.2, 0.25) is 0 Å². The Hall–Kier alpha value is -2.70. The quantitative estimate of drug-likeness (QED) is 0.831. The fourth-order valence-corrected chi connectivity index (χ4v) is 2.89. The fourth-order valence-electron chi connectivity index (χ4n) is 2.89. The van der Waals surface area contributed by atoms with Crippen LogP contribution >= 0.6 is 0 Å². The van der Waals surface area contributed by atoms with Crippen LogP contribution in [0.15, 0.2) is 23.3 Å². The van der Waals surface area contributed by atoms with E-state index in [-0.39, 0.29) is 43.1 Å². The van der Waals surface area contributed by atoms with Gasteiger partial charge >= 0.3 is 0 Å². The summed E-state index contributed by atoms with van der Waals surface area (Å²) in [4.78, 5) is 38.7. The zero-order chi connectivity index (χ0) is 20.1. The van der Waals surface area contributed by atoms with E-state index in [0.29, 0.717) is 17.9 Å². The second kappa shape index (κ2) is 8.79. The molecule has 1 aromatic carbocycles. The van der Waals surface area contributed by atoms with Crippen molar-refractivity contribution >= 4 is 29.1 Å². The first-order valence-electron chi connectivity index (χ1n) is 9.29. The number of carbonyl (C=O) groups excluding carboxylic acids is 3. The number of rotatable bonds is 6. The van der Waals surface area contributed by atoms with Crippen molar-refractivity contribution in [2.24, 2.45) is 5.10 Å². The zero-order valence-electron chi connectivity index (χ0n) is 16.7. The Morgan fingerprint density at radius 3 is 2.59 bits per heavy atom. The van der Waals surface area contributed by atoms with Gasteiger partial charge in [0.15, 0.2) is 0 Å². The average Bonchev–Trinajstić information content (AvgIpc) is 2.61. The van der Waals surface area contributed by atoms with Crippen LogP contribution in [0.5, 0.6) is 0 Å². The number of hydrazone groups is 1. The van der Waals surface area contributed by atoms with Crippen LogP contribution in [-0.4, -0.2) is 47.5 Å². The van der Waals surface area contributed by atoms with Crippen molar-refractivity contribution in [1.82, 2.24) is 10.2 Å². The van der Waals surface area contributed by atoms with Crippen LogP contribution < -0.4 is 10.3 Å². The molecule has 0 aromatic heterocycles. The van der Waals surface area contributed by atoms with Crippen LogP contribution in [0.1, 0.15) is 44.7 Å². The molecule has 0 fully saturated rings. The molecule has 146 valence electrons. The minimum Gasteiger partial charge on any atom is -0.352 e. The summed E-state index contributed by atoms with van der Waals surface area (Å²) in [6.45, 7) is 9.77. The summed E-state index contributed by atoms with van der Waals surface area (Å²) in [6.07, 6.45) is 0.495. The summed E-state index contributed by atoms with van der Waals surface area (Å²) in [7, 11) is 0. The Labute approximate surface area is 160 Å². The summed E-state index contributed by atoms with van der Waals surface area (Å²) in [6, 6.07) is 5.79. The number of nitrogens with zero attached hydrogens (tertiary/aromatic N) is 3. The molecule has 1 heterocycles. The van der Waals surface area contributed by atoms with Gasteiger partial charge in [-0.25, -0.2) is 5.01 Å². The van der Waals surface area contributed by atoms with Crippen molar-refractivity contribution in [3.05, 3.63) is 29.3 Å². The molecule has 7 nitrogen and oxygen atoms in total. The predicted octanol–water partition coefficient (Wildman–Crippen LogP) is 2.16. The highest BCUT2D eigenvalue weighted by molar-refractivity contribution is 6.40. The first-order chi connectivity index (χ1) is 12.7. The monoisotopic (exact) mass is 372 g/mol. The van der Waals surface area contributed by atoms with Gasteiger partial charge in [-0.2, -0.15) is 5.10 Å². The minimum atomic E-state index is -0.306. The lowest BCUT2D eigenvalue weighted by Gasteiger charge is -2.27. The van der Waals surface area contributed by atoms with Crippen molar-refractivity contribution in [3.63, 3.8) is 0 Å². The third-order valence-electron chi connectivity index (χ3n) is 4.33. The topological polar surface area (TPSA) is 82.1 Å². The number of benzene rings is 1. The van der Waals surface area contributed by atoms with E-state index in [2.05, 4.69) is 10.4 Å². The van der Waals surface area contributed by atoms with Gasteiger partial charge in [0.05, 0.1) is 12.2 Å². The van der Waals surface area contributed by atoms with Crippen LogP contribution in [0.3, 0.4) is 0 Å². The standard InChI is InChI=1S/C20H28N4O3/c1-6-23(12-18(25)21-13(2)3)20(27)16-9-10-19(26)24(22-16)17-11-14(4)7-8-15(17)5/h7-8,11,13H,6,9-10,12H2,1-5H3,(H,21,25).